The average Bonchev–Trinajstić information content (AvgIpc) is 1.52. The van der Waals surface area contributed by atoms with Crippen molar-refractivity contribution >= 4 is 108 Å². The van der Waals surface area contributed by atoms with Crippen LogP contribution in [-0.4, -0.2) is 141 Å². The molecule has 0 amide bonds. The van der Waals surface area contributed by atoms with Gasteiger partial charge in [0.2, 0.25) is 0 Å². The van der Waals surface area contributed by atoms with Gasteiger partial charge in [-0.25, -0.2) is 28.5 Å². The molecule has 11 rings (SSSR count). The van der Waals surface area contributed by atoms with Crippen LogP contribution >= 0.6 is 75.8 Å². The van der Waals surface area contributed by atoms with Crippen molar-refractivity contribution < 1.29 is 190 Å². The van der Waals surface area contributed by atoms with Crippen LogP contribution in [0.4, 0.5) is 84.4 Å². The number of nitro benzene ring substituents is 1. The van der Waals surface area contributed by atoms with Crippen LogP contribution < -0.4 is 25.1 Å². The van der Waals surface area contributed by atoms with Crippen LogP contribution in [0.5, 0.6) is 0 Å². The Bertz CT molecular complexity index is 5720. The molecule has 1 aliphatic heterocycles. The van der Waals surface area contributed by atoms with Crippen LogP contribution in [0.1, 0.15) is 61.7 Å². The summed E-state index contributed by atoms with van der Waals surface area (Å²) in [6.45, 7) is 1.54. The summed E-state index contributed by atoms with van der Waals surface area (Å²) in [6.07, 6.45) is -18.8. The number of nitrogens with zero attached hydrogens (tertiary/aromatic N) is 3. The Morgan fingerprint density at radius 3 is 1.17 bits per heavy atom. The number of aromatic nitrogens is 2. The molecule has 3 heterocycles. The predicted octanol–water partition coefficient (Wildman–Crippen LogP) is 17.3. The van der Waals surface area contributed by atoms with Crippen LogP contribution in [0, 0.1) is 15.9 Å². The molecule has 1 fully saturated rings. The number of hydrogen-bond acceptors (Lipinski definition) is 20. The fourth-order valence-corrected chi connectivity index (χ4v) is 20.2. The Balaban J connectivity index is 0.000000224. The molecule has 15 N–H and O–H groups in total. The van der Waals surface area contributed by atoms with Gasteiger partial charge in [0.1, 0.15) is 28.6 Å². The summed E-state index contributed by atoms with van der Waals surface area (Å²) in [5.74, 6) is -22.9. The van der Waals surface area contributed by atoms with Gasteiger partial charge in [0, 0.05) is 67.3 Å². The number of non-ortho nitro benzene ring substituents is 1. The molecule has 0 aliphatic carbocycles. The molecular formula is C75H81F13N5O27P7S2+2. The highest BCUT2D eigenvalue weighted by Gasteiger charge is 2.93. The molecule has 1 aliphatic rings. The Kier molecular flexibility index (Phi) is 35.2. The number of para-hydroxylation sites is 1. The Morgan fingerprint density at radius 2 is 0.829 bits per heavy atom. The summed E-state index contributed by atoms with van der Waals surface area (Å²) >= 11 is 2.50. The van der Waals surface area contributed by atoms with Gasteiger partial charge in [-0.05, 0) is 79.1 Å². The van der Waals surface area contributed by atoms with Gasteiger partial charge in [0.15, 0.2) is 12.2 Å². The minimum absolute atomic E-state index is 0.113. The van der Waals surface area contributed by atoms with Crippen molar-refractivity contribution in [3.05, 3.63) is 274 Å². The van der Waals surface area contributed by atoms with Crippen LogP contribution in [0.15, 0.2) is 241 Å². The van der Waals surface area contributed by atoms with Crippen LogP contribution in [0.3, 0.4) is 0 Å². The molecule has 8 unspecified atom stereocenters. The number of thiazole rings is 2. The minimum Gasteiger partial charge on any atom is -0.367 e. The number of nitrogens with one attached hydrogen (secondary N) is 2. The molecule has 129 heavy (non-hydrogen) atoms. The van der Waals surface area contributed by atoms with Crippen molar-refractivity contribution in [3.63, 3.8) is 0 Å². The van der Waals surface area contributed by atoms with E-state index < -0.39 is 153 Å². The molecule has 0 spiro atoms. The molecule has 704 valence electrons. The molecule has 32 nitrogen and oxygen atoms in total. The second-order valence-electron chi connectivity index (χ2n) is 27.8. The standard InChI is InChI=1S/C18H19N3O9P2S.C18H20N2O7P2S.C14H13F8O4P.C14H14FO3P.C11H13F4O4P/c22-18(31(25,26)27,32(28,29)30)10-11-20-16(13-4-2-1-3-5-13)12-33-17(20)19-14-6-8-15(9-7-14)21(23)24;21-18(28(22,23)24,29(25,26)27)11-12-20-16(14-7-3-1-4-8-14)13-30-17(20)19-15-9-5-2-6-10-15;1-10(15)12(18,19)13(20,26-14(10,21)22)11(16,17)9(25-27(2,23)24)8-6-4-3-5-7-8;1-11(12-7-9-13(15)10-8-12)18-19(16,17)14-5-3-2-4-6-14;1-18-11(14,15)10(12,13)9(19-20(2,16)17)8-6-4-3-5-7-8/h1-9,12,22H,10-11H2,(H4,25,26,27,28,29,30);1-10,13,21H,11-12H2,(H4,22,23,24,25,26,27);3-7,9H,1-2H3,(H,23,24);2-11H,1H3,(H,16,17);3-7,9H,1-2H3,(H,16,17)/p+2. The van der Waals surface area contributed by atoms with E-state index in [0.717, 1.165) is 47.6 Å². The highest BCUT2D eigenvalue weighted by molar-refractivity contribution is 7.72. The quantitative estimate of drug-likeness (QED) is 0.00612. The van der Waals surface area contributed by atoms with Crippen molar-refractivity contribution in [1.29, 1.82) is 0 Å². The number of ether oxygens (including phenoxy) is 2. The maximum Gasteiger partial charge on any atom is 0.422 e. The van der Waals surface area contributed by atoms with E-state index in [4.69, 9.17) is 9.42 Å². The van der Waals surface area contributed by atoms with Gasteiger partial charge in [-0.1, -0.05) is 193 Å². The van der Waals surface area contributed by atoms with E-state index in [0.29, 0.717) is 58.9 Å². The van der Waals surface area contributed by atoms with E-state index in [1.54, 1.807) is 65.4 Å². The second-order valence-corrected chi connectivity index (χ2v) is 43.0. The summed E-state index contributed by atoms with van der Waals surface area (Å²) in [4.78, 5) is 114. The highest BCUT2D eigenvalue weighted by atomic mass is 32.1. The number of alkyl halides is 12. The zero-order chi connectivity index (χ0) is 97.0. The van der Waals surface area contributed by atoms with Gasteiger partial charge in [-0.2, -0.15) is 48.3 Å². The second kappa shape index (κ2) is 42.1. The van der Waals surface area contributed by atoms with E-state index in [-0.39, 0.29) is 35.5 Å². The molecule has 10 aromatic rings. The number of methoxy groups -OCH3 is 1. The summed E-state index contributed by atoms with van der Waals surface area (Å²) in [5, 5.41) is 35.3. The largest absolute Gasteiger partial charge is 0.422 e. The number of halogens is 13. The molecular weight excluding hydrogens is 1930 g/mol. The molecule has 0 radical (unpaired) electrons. The summed E-state index contributed by atoms with van der Waals surface area (Å²) < 4.78 is 285. The van der Waals surface area contributed by atoms with E-state index in [1.807, 2.05) is 66.0 Å². The average molecular weight is 2010 g/mol. The van der Waals surface area contributed by atoms with E-state index in [9.17, 15) is 158 Å². The normalized spacial score (nSPS) is 18.2. The highest BCUT2D eigenvalue weighted by Crippen LogP contribution is 2.71. The van der Waals surface area contributed by atoms with Gasteiger partial charge < -0.3 is 68.8 Å². The van der Waals surface area contributed by atoms with Crippen molar-refractivity contribution in [3.8, 4) is 22.5 Å². The Hall–Kier alpha value is -8.00. The van der Waals surface area contributed by atoms with Gasteiger partial charge in [0.05, 0.1) is 29.4 Å². The molecule has 8 atom stereocenters. The van der Waals surface area contributed by atoms with Gasteiger partial charge in [0.25, 0.3) is 21.5 Å². The Labute approximate surface area is 732 Å². The zero-order valence-corrected chi connectivity index (χ0v) is 74.8. The molecule has 1 saturated heterocycles. The fourth-order valence-electron chi connectivity index (χ4n) is 11.4. The van der Waals surface area contributed by atoms with Crippen molar-refractivity contribution in [2.24, 2.45) is 0 Å². The van der Waals surface area contributed by atoms with E-state index in [1.165, 1.54) is 112 Å². The first kappa shape index (κ1) is 108. The SMILES string of the molecule is CC(OP(=O)(O)c1ccccc1)c1ccc(F)cc1.CC1(F)C(F)(F)OC(F)(C(F)(F)C(OP(C)(=O)O)c2ccccc2)C1(F)F.COC(F)(F)C(F)(F)C(OP(C)(=O)O)c1ccccc1.O=P(O)(O)C(O)(CC[n+]1c(-c2ccccc2)csc1Nc1ccccc1)P(=O)(O)O.O=[N+]([O-])c1ccc(Nc2scc(-c3ccccc3)[n+]2CCC(O)(P(=O)(O)O)P(=O)(O)O)cc1. The van der Waals surface area contributed by atoms with Crippen LogP contribution in [0.2, 0.25) is 0 Å². The number of nitro groups is 1. The zero-order valence-electron chi connectivity index (χ0n) is 66.9. The number of aliphatic hydroxyl groups is 2. The third-order valence-electron chi connectivity index (χ3n) is 18.4. The monoisotopic (exact) mass is 2010 g/mol. The molecule has 54 heteroatoms. The van der Waals surface area contributed by atoms with Crippen LogP contribution in [-0.2, 0) is 68.1 Å². The third kappa shape index (κ3) is 26.1. The van der Waals surface area contributed by atoms with Gasteiger partial charge >= 0.3 is 99.3 Å². The molecule has 0 bridgehead atoms. The fraction of sp³-hybridized carbons (Fsp3) is 0.280. The van der Waals surface area contributed by atoms with Crippen LogP contribution in [0.25, 0.3) is 22.5 Å². The first-order valence-corrected chi connectivity index (χ1v) is 50.2. The lowest BCUT2D eigenvalue weighted by Crippen LogP contribution is -2.62. The van der Waals surface area contributed by atoms with Gasteiger partial charge in [-0.3, -0.25) is 60.4 Å². The topological polar surface area (TPSA) is 504 Å². The van der Waals surface area contributed by atoms with E-state index >= 15 is 0 Å². The first-order valence-electron chi connectivity index (χ1n) is 36.3. The summed E-state index contributed by atoms with van der Waals surface area (Å²) in [6, 6.07) is 57.7. The van der Waals surface area contributed by atoms with Crippen molar-refractivity contribution in [1.82, 2.24) is 0 Å². The molecule has 2 aromatic heterocycles. The van der Waals surface area contributed by atoms with E-state index in [2.05, 4.69) is 29.2 Å². The minimum atomic E-state index is -6.06. The molecule has 0 saturated carbocycles. The van der Waals surface area contributed by atoms with Crippen molar-refractivity contribution in [2.75, 3.05) is 31.1 Å². The molecule has 8 aromatic carbocycles. The predicted molar refractivity (Wildman–Crippen MR) is 443 cm³/mol. The van der Waals surface area contributed by atoms with Crippen molar-refractivity contribution in [2.45, 2.75) is 110 Å². The van der Waals surface area contributed by atoms with Gasteiger partial charge in [-0.15, -0.1) is 0 Å². The lowest BCUT2D eigenvalue weighted by molar-refractivity contribution is -0.669. The smallest absolute Gasteiger partial charge is 0.367 e. The maximum atomic E-state index is 14.7. The lowest BCUT2D eigenvalue weighted by Gasteiger charge is -2.38. The third-order valence-corrected chi connectivity index (χ3v) is 30.7. The number of benzene rings is 8. The summed E-state index contributed by atoms with van der Waals surface area (Å²) in [7, 11) is -35.1. The maximum absolute atomic E-state index is 14.7. The number of anilines is 4. The Morgan fingerprint density at radius 1 is 0.488 bits per heavy atom. The number of hydrogen-bond donors (Lipinski definition) is 15. The first-order chi connectivity index (χ1) is 59.3. The lowest BCUT2D eigenvalue weighted by atomic mass is 9.88. The number of rotatable bonds is 32. The summed E-state index contributed by atoms with van der Waals surface area (Å²) in [5.41, 5.74) is -1.84.